The third kappa shape index (κ3) is 5.32. The molecule has 1 N–H and O–H groups in total. The number of carbonyl (C=O) groups is 3. The van der Waals surface area contributed by atoms with Crippen molar-refractivity contribution in [1.29, 1.82) is 0 Å². The van der Waals surface area contributed by atoms with Crippen LogP contribution < -0.4 is 10.2 Å². The number of halogens is 3. The molecule has 1 aliphatic heterocycles. The van der Waals surface area contributed by atoms with Crippen LogP contribution in [0.5, 0.6) is 0 Å². The largest absolute Gasteiger partial charge is 0.417 e. The summed E-state index contributed by atoms with van der Waals surface area (Å²) in [6.45, 7) is 0.554. The van der Waals surface area contributed by atoms with Crippen LogP contribution in [0.1, 0.15) is 38.3 Å². The Morgan fingerprint density at radius 2 is 1.66 bits per heavy atom. The zero-order valence-corrected chi connectivity index (χ0v) is 18.5. The number of carbonyl (C=O) groups excluding carboxylic acids is 3. The first-order chi connectivity index (χ1) is 16.8. The third-order valence-electron chi connectivity index (χ3n) is 5.52. The van der Waals surface area contributed by atoms with Crippen LogP contribution in [-0.2, 0) is 12.7 Å². The van der Waals surface area contributed by atoms with Gasteiger partial charge >= 0.3 is 12.2 Å². The molecule has 0 aliphatic carbocycles. The Kier molecular flexibility index (Phi) is 6.81. The van der Waals surface area contributed by atoms with Crippen LogP contribution in [0.25, 0.3) is 0 Å². The minimum absolute atomic E-state index is 0.0136. The predicted molar refractivity (Wildman–Crippen MR) is 122 cm³/mol. The van der Waals surface area contributed by atoms with Crippen molar-refractivity contribution in [3.63, 3.8) is 0 Å². The number of rotatable bonds is 5. The minimum Gasteiger partial charge on any atom is -0.348 e. The highest BCUT2D eigenvalue weighted by Gasteiger charge is 2.39. The number of alkyl halides is 3. The monoisotopic (exact) mass is 482 g/mol. The van der Waals surface area contributed by atoms with Crippen LogP contribution in [0.15, 0.2) is 72.9 Å². The molecule has 2 heterocycles. The van der Waals surface area contributed by atoms with Crippen molar-refractivity contribution in [1.82, 2.24) is 15.2 Å². The fraction of sp³-hybridized carbons (Fsp3) is 0.200. The highest BCUT2D eigenvalue weighted by Crippen LogP contribution is 2.33. The number of pyridine rings is 1. The molecule has 10 heteroatoms. The number of hydrogen-bond donors (Lipinski definition) is 1. The summed E-state index contributed by atoms with van der Waals surface area (Å²) in [4.78, 5) is 44.5. The zero-order valence-electron chi connectivity index (χ0n) is 18.5. The van der Waals surface area contributed by atoms with E-state index in [1.165, 1.54) is 35.4 Å². The van der Waals surface area contributed by atoms with E-state index in [1.807, 2.05) is 30.3 Å². The van der Waals surface area contributed by atoms with Crippen LogP contribution in [-0.4, -0.2) is 40.8 Å². The highest BCUT2D eigenvalue weighted by molar-refractivity contribution is 6.09. The van der Waals surface area contributed by atoms with Crippen molar-refractivity contribution in [3.8, 4) is 0 Å². The van der Waals surface area contributed by atoms with E-state index < -0.39 is 29.2 Å². The summed E-state index contributed by atoms with van der Waals surface area (Å²) in [5, 5.41) is 2.78. The van der Waals surface area contributed by atoms with Gasteiger partial charge < -0.3 is 5.32 Å². The minimum atomic E-state index is -4.73. The normalized spacial score (nSPS) is 14.1. The second kappa shape index (κ2) is 9.96. The molecule has 1 fully saturated rings. The van der Waals surface area contributed by atoms with Crippen LogP contribution >= 0.6 is 0 Å². The van der Waals surface area contributed by atoms with Crippen molar-refractivity contribution < 1.29 is 27.6 Å². The van der Waals surface area contributed by atoms with Gasteiger partial charge in [-0.2, -0.15) is 13.2 Å². The van der Waals surface area contributed by atoms with Crippen LogP contribution in [0, 0.1) is 0 Å². The van der Waals surface area contributed by atoms with Gasteiger partial charge in [0.25, 0.3) is 11.8 Å². The Morgan fingerprint density at radius 3 is 2.34 bits per heavy atom. The van der Waals surface area contributed by atoms with Gasteiger partial charge in [-0.1, -0.05) is 42.5 Å². The molecule has 0 unspecified atom stereocenters. The second-order valence-corrected chi connectivity index (χ2v) is 7.86. The molecule has 180 valence electrons. The molecule has 1 aromatic heterocycles. The standard InChI is InChI=1S/C25H21F3N4O3/c26-25(27,28)20-10-5-4-9-19(20)23(34)32-14-6-13-31(24(32)35)21-12-11-18(16-29-21)22(33)30-15-17-7-2-1-3-8-17/h1-5,7-12,16H,6,13-15H2,(H,30,33). The number of nitrogens with one attached hydrogen (secondary N) is 1. The van der Waals surface area contributed by atoms with Crippen molar-refractivity contribution in [3.05, 3.63) is 95.2 Å². The van der Waals surface area contributed by atoms with Gasteiger partial charge in [-0.3, -0.25) is 19.4 Å². The number of urea groups is 1. The van der Waals surface area contributed by atoms with E-state index in [2.05, 4.69) is 10.3 Å². The van der Waals surface area contributed by atoms with E-state index in [4.69, 9.17) is 0 Å². The van der Waals surface area contributed by atoms with Gasteiger partial charge in [0.15, 0.2) is 0 Å². The molecule has 4 amide bonds. The molecular weight excluding hydrogens is 461 g/mol. The van der Waals surface area contributed by atoms with E-state index in [-0.39, 0.29) is 30.4 Å². The Hall–Kier alpha value is -4.21. The SMILES string of the molecule is O=C(NCc1ccccc1)c1ccc(N2CCCN(C(=O)c3ccccc3C(F)(F)F)C2=O)nc1. The maximum absolute atomic E-state index is 13.4. The van der Waals surface area contributed by atoms with Crippen molar-refractivity contribution >= 4 is 23.7 Å². The molecule has 1 saturated heterocycles. The Balaban J connectivity index is 1.47. The molecule has 0 spiro atoms. The molecule has 4 rings (SSSR count). The summed E-state index contributed by atoms with van der Waals surface area (Å²) >= 11 is 0. The maximum atomic E-state index is 13.4. The van der Waals surface area contributed by atoms with Crippen molar-refractivity contribution in [2.24, 2.45) is 0 Å². The quantitative estimate of drug-likeness (QED) is 0.581. The maximum Gasteiger partial charge on any atom is 0.417 e. The summed E-state index contributed by atoms with van der Waals surface area (Å²) < 4.78 is 40.1. The molecule has 2 aromatic carbocycles. The van der Waals surface area contributed by atoms with Gasteiger partial charge in [0.1, 0.15) is 5.82 Å². The van der Waals surface area contributed by atoms with Gasteiger partial charge in [0.2, 0.25) is 0 Å². The topological polar surface area (TPSA) is 82.6 Å². The van der Waals surface area contributed by atoms with E-state index in [0.717, 1.165) is 22.6 Å². The fourth-order valence-electron chi connectivity index (χ4n) is 3.75. The first kappa shape index (κ1) is 23.9. The van der Waals surface area contributed by atoms with Crippen molar-refractivity contribution in [2.75, 3.05) is 18.0 Å². The Morgan fingerprint density at radius 1 is 0.943 bits per heavy atom. The number of imide groups is 1. The average molecular weight is 482 g/mol. The van der Waals surface area contributed by atoms with E-state index in [9.17, 15) is 27.6 Å². The molecule has 0 radical (unpaired) electrons. The molecule has 1 aliphatic rings. The van der Waals surface area contributed by atoms with Gasteiger partial charge in [0.05, 0.1) is 16.7 Å². The molecule has 7 nitrogen and oxygen atoms in total. The zero-order chi connectivity index (χ0) is 25.0. The van der Waals surface area contributed by atoms with Crippen molar-refractivity contribution in [2.45, 2.75) is 19.1 Å². The number of anilines is 1. The van der Waals surface area contributed by atoms with Gasteiger partial charge in [-0.15, -0.1) is 0 Å². The number of amides is 4. The lowest BCUT2D eigenvalue weighted by molar-refractivity contribution is -0.138. The summed E-state index contributed by atoms with van der Waals surface area (Å²) in [7, 11) is 0. The summed E-state index contributed by atoms with van der Waals surface area (Å²) in [5.74, 6) is -1.18. The third-order valence-corrected chi connectivity index (χ3v) is 5.52. The molecule has 35 heavy (non-hydrogen) atoms. The van der Waals surface area contributed by atoms with Gasteiger partial charge in [-0.25, -0.2) is 9.78 Å². The smallest absolute Gasteiger partial charge is 0.348 e. The van der Waals surface area contributed by atoms with E-state index in [1.54, 1.807) is 0 Å². The van der Waals surface area contributed by atoms with E-state index >= 15 is 0 Å². The molecular formula is C25H21F3N4O3. The summed E-state index contributed by atoms with van der Waals surface area (Å²) in [6.07, 6.45) is -3.07. The van der Waals surface area contributed by atoms with E-state index in [0.29, 0.717) is 13.0 Å². The fourth-order valence-corrected chi connectivity index (χ4v) is 3.75. The van der Waals surface area contributed by atoms with Gasteiger partial charge in [0, 0.05) is 25.8 Å². The average Bonchev–Trinajstić information content (AvgIpc) is 2.87. The number of benzene rings is 2. The van der Waals surface area contributed by atoms with Crippen LogP contribution in [0.3, 0.4) is 0 Å². The van der Waals surface area contributed by atoms with Crippen LogP contribution in [0.2, 0.25) is 0 Å². The first-order valence-corrected chi connectivity index (χ1v) is 10.8. The molecule has 0 bridgehead atoms. The lowest BCUT2D eigenvalue weighted by Gasteiger charge is -2.34. The number of aromatic nitrogens is 1. The Bertz CT molecular complexity index is 1230. The lowest BCUT2D eigenvalue weighted by Crippen LogP contribution is -2.52. The summed E-state index contributed by atoms with van der Waals surface area (Å²) in [6, 6.07) is 15.9. The summed E-state index contributed by atoms with van der Waals surface area (Å²) in [5.41, 5.74) is -0.477. The molecule has 0 atom stereocenters. The molecule has 0 saturated carbocycles. The molecule has 3 aromatic rings. The van der Waals surface area contributed by atoms with Crippen LogP contribution in [0.4, 0.5) is 23.8 Å². The van der Waals surface area contributed by atoms with Gasteiger partial charge in [-0.05, 0) is 36.2 Å². The number of hydrogen-bond acceptors (Lipinski definition) is 4. The number of nitrogens with zero attached hydrogens (tertiary/aromatic N) is 3. The predicted octanol–water partition coefficient (Wildman–Crippen LogP) is 4.50. The Labute approximate surface area is 199 Å². The first-order valence-electron chi connectivity index (χ1n) is 10.8. The second-order valence-electron chi connectivity index (χ2n) is 7.86. The lowest BCUT2D eigenvalue weighted by atomic mass is 10.1. The highest BCUT2D eigenvalue weighted by atomic mass is 19.4.